The first kappa shape index (κ1) is 18.7. The number of Topliss-reactive ketones (excluding diaryl/α,β-unsaturated/α-hetero) is 1. The van der Waals surface area contributed by atoms with Gasteiger partial charge in [0.25, 0.3) is 0 Å². The lowest BCUT2D eigenvalue weighted by molar-refractivity contribution is -0.137. The van der Waals surface area contributed by atoms with Crippen molar-refractivity contribution in [1.29, 1.82) is 0 Å². The number of aryl methyl sites for hydroxylation is 3. The van der Waals surface area contributed by atoms with Crippen LogP contribution < -0.4 is 0 Å². The molecule has 0 amide bonds. The maximum atomic E-state index is 12.8. The van der Waals surface area contributed by atoms with E-state index >= 15 is 0 Å². The molecule has 1 saturated carbocycles. The minimum absolute atomic E-state index is 0.0422. The summed E-state index contributed by atoms with van der Waals surface area (Å²) in [6.45, 7) is 2.10. The molecule has 1 fully saturated rings. The van der Waals surface area contributed by atoms with Crippen LogP contribution in [-0.2, 0) is 17.6 Å². The molecule has 0 heterocycles. The lowest BCUT2D eigenvalue weighted by atomic mass is 9.53. The Morgan fingerprint density at radius 1 is 0.750 bits per heavy atom. The van der Waals surface area contributed by atoms with E-state index in [1.807, 2.05) is 0 Å². The van der Waals surface area contributed by atoms with Gasteiger partial charge in [-0.05, 0) is 54.7 Å². The summed E-state index contributed by atoms with van der Waals surface area (Å²) in [5, 5.41) is 0. The summed E-state index contributed by atoms with van der Waals surface area (Å²) < 4.78 is 0. The molecule has 0 saturated heterocycles. The van der Waals surface area contributed by atoms with Gasteiger partial charge in [0.05, 0.1) is 0 Å². The Balaban J connectivity index is 1.58. The van der Waals surface area contributed by atoms with Gasteiger partial charge in [-0.3, -0.25) is 4.79 Å². The van der Waals surface area contributed by atoms with E-state index in [0.29, 0.717) is 12.2 Å². The third-order valence-electron chi connectivity index (χ3n) is 6.38. The fraction of sp³-hybridized carbons (Fsp3) is 0.296. The zero-order valence-electron chi connectivity index (χ0n) is 16.6. The van der Waals surface area contributed by atoms with E-state index in [1.54, 1.807) is 0 Å². The highest BCUT2D eigenvalue weighted by Gasteiger charge is 2.52. The molecular formula is C27H28O. The average Bonchev–Trinajstić information content (AvgIpc) is 2.73. The number of rotatable bonds is 7. The third kappa shape index (κ3) is 3.94. The zero-order chi connectivity index (χ0) is 19.4. The van der Waals surface area contributed by atoms with Gasteiger partial charge in [0.2, 0.25) is 0 Å². The molecule has 0 aromatic heterocycles. The van der Waals surface area contributed by atoms with Crippen LogP contribution in [-0.4, -0.2) is 5.78 Å². The van der Waals surface area contributed by atoms with Crippen molar-refractivity contribution >= 4 is 5.78 Å². The first-order valence-electron chi connectivity index (χ1n) is 10.3. The second kappa shape index (κ2) is 8.14. The monoisotopic (exact) mass is 368 g/mol. The van der Waals surface area contributed by atoms with Gasteiger partial charge in [0, 0.05) is 12.3 Å². The molecule has 4 rings (SSSR count). The summed E-state index contributed by atoms with van der Waals surface area (Å²) in [4.78, 5) is 12.8. The molecule has 0 radical (unpaired) electrons. The standard InChI is InChI=1S/C27H28O/c1-21-12-14-24(15-13-21)26-25(28)20-27(26,18-16-22-8-4-2-5-9-22)19-17-23-10-6-3-7-11-23/h2-15,26H,16-20H2,1H3. The van der Waals surface area contributed by atoms with E-state index in [-0.39, 0.29) is 11.3 Å². The van der Waals surface area contributed by atoms with Crippen LogP contribution in [0.15, 0.2) is 84.9 Å². The second-order valence-electron chi connectivity index (χ2n) is 8.32. The average molecular weight is 369 g/mol. The van der Waals surface area contributed by atoms with E-state index in [0.717, 1.165) is 25.7 Å². The highest BCUT2D eigenvalue weighted by molar-refractivity contribution is 5.93. The smallest absolute Gasteiger partial charge is 0.141 e. The lowest BCUT2D eigenvalue weighted by Crippen LogP contribution is -2.47. The van der Waals surface area contributed by atoms with Gasteiger partial charge in [-0.25, -0.2) is 0 Å². The molecule has 0 bridgehead atoms. The molecule has 1 nitrogen and oxygen atoms in total. The van der Waals surface area contributed by atoms with Crippen LogP contribution in [0.2, 0.25) is 0 Å². The Morgan fingerprint density at radius 3 is 1.71 bits per heavy atom. The van der Waals surface area contributed by atoms with Gasteiger partial charge in [-0.1, -0.05) is 90.5 Å². The molecule has 0 aliphatic heterocycles. The number of hydrogen-bond donors (Lipinski definition) is 0. The van der Waals surface area contributed by atoms with Crippen LogP contribution >= 0.6 is 0 Å². The molecule has 1 aliphatic carbocycles. The van der Waals surface area contributed by atoms with Gasteiger partial charge in [0.15, 0.2) is 0 Å². The lowest BCUT2D eigenvalue weighted by Gasteiger charge is -2.49. The van der Waals surface area contributed by atoms with Crippen molar-refractivity contribution in [2.45, 2.75) is 44.9 Å². The predicted octanol–water partition coefficient (Wildman–Crippen LogP) is 6.30. The Kier molecular flexibility index (Phi) is 5.43. The quantitative estimate of drug-likeness (QED) is 0.478. The Hall–Kier alpha value is -2.67. The molecule has 142 valence electrons. The molecule has 1 aliphatic rings. The van der Waals surface area contributed by atoms with Gasteiger partial charge in [-0.2, -0.15) is 0 Å². The number of ketones is 1. The first-order chi connectivity index (χ1) is 13.7. The van der Waals surface area contributed by atoms with Crippen LogP contribution in [0.25, 0.3) is 0 Å². The van der Waals surface area contributed by atoms with Gasteiger partial charge in [-0.15, -0.1) is 0 Å². The Labute approximate surface area is 168 Å². The maximum absolute atomic E-state index is 12.8. The molecule has 3 aromatic rings. The van der Waals surface area contributed by atoms with Crippen LogP contribution in [0.3, 0.4) is 0 Å². The predicted molar refractivity (Wildman–Crippen MR) is 116 cm³/mol. The second-order valence-corrected chi connectivity index (χ2v) is 8.32. The van der Waals surface area contributed by atoms with E-state index in [1.165, 1.54) is 22.3 Å². The number of carbonyl (C=O) groups excluding carboxylic acids is 1. The van der Waals surface area contributed by atoms with Crippen molar-refractivity contribution in [3.8, 4) is 0 Å². The number of benzene rings is 3. The number of carbonyl (C=O) groups is 1. The van der Waals surface area contributed by atoms with Gasteiger partial charge >= 0.3 is 0 Å². The van der Waals surface area contributed by atoms with Crippen LogP contribution in [0.4, 0.5) is 0 Å². The summed E-state index contributed by atoms with van der Waals surface area (Å²) in [7, 11) is 0. The zero-order valence-corrected chi connectivity index (χ0v) is 16.6. The summed E-state index contributed by atoms with van der Waals surface area (Å²) in [6.07, 6.45) is 4.91. The minimum Gasteiger partial charge on any atom is -0.299 e. The maximum Gasteiger partial charge on any atom is 0.141 e. The Bertz CT molecular complexity index is 866. The van der Waals surface area contributed by atoms with E-state index in [4.69, 9.17) is 0 Å². The topological polar surface area (TPSA) is 17.1 Å². The third-order valence-corrected chi connectivity index (χ3v) is 6.38. The molecule has 1 atom stereocenters. The normalized spacial score (nSPS) is 17.9. The fourth-order valence-corrected chi connectivity index (χ4v) is 4.73. The SMILES string of the molecule is Cc1ccc(C2C(=O)CC2(CCc2ccccc2)CCc2ccccc2)cc1. The molecule has 3 aromatic carbocycles. The molecule has 1 unspecified atom stereocenters. The first-order valence-corrected chi connectivity index (χ1v) is 10.3. The molecule has 0 spiro atoms. The molecule has 1 heteroatoms. The van der Waals surface area contributed by atoms with Crippen molar-refractivity contribution in [2.24, 2.45) is 5.41 Å². The van der Waals surface area contributed by atoms with Crippen LogP contribution in [0.5, 0.6) is 0 Å². The van der Waals surface area contributed by atoms with E-state index in [9.17, 15) is 4.79 Å². The van der Waals surface area contributed by atoms with Crippen LogP contribution in [0, 0.1) is 12.3 Å². The number of hydrogen-bond acceptors (Lipinski definition) is 1. The Morgan fingerprint density at radius 2 is 1.25 bits per heavy atom. The van der Waals surface area contributed by atoms with Crippen molar-refractivity contribution < 1.29 is 4.79 Å². The van der Waals surface area contributed by atoms with Crippen molar-refractivity contribution in [1.82, 2.24) is 0 Å². The summed E-state index contributed by atoms with van der Waals surface area (Å²) >= 11 is 0. The fourth-order valence-electron chi connectivity index (χ4n) is 4.73. The molecule has 28 heavy (non-hydrogen) atoms. The van der Waals surface area contributed by atoms with Crippen LogP contribution in [0.1, 0.15) is 47.4 Å². The summed E-state index contributed by atoms with van der Waals surface area (Å²) in [5.74, 6) is 0.450. The largest absolute Gasteiger partial charge is 0.299 e. The molecule has 0 N–H and O–H groups in total. The highest BCUT2D eigenvalue weighted by Crippen LogP contribution is 2.56. The van der Waals surface area contributed by atoms with Gasteiger partial charge in [0.1, 0.15) is 5.78 Å². The van der Waals surface area contributed by atoms with Crippen molar-refractivity contribution in [3.05, 3.63) is 107 Å². The minimum atomic E-state index is 0.0422. The molecular weight excluding hydrogens is 340 g/mol. The summed E-state index contributed by atoms with van der Waals surface area (Å²) in [6, 6.07) is 30.0. The van der Waals surface area contributed by atoms with E-state index in [2.05, 4.69) is 91.9 Å². The van der Waals surface area contributed by atoms with Crippen molar-refractivity contribution in [3.63, 3.8) is 0 Å². The highest BCUT2D eigenvalue weighted by atomic mass is 16.1. The van der Waals surface area contributed by atoms with Crippen molar-refractivity contribution in [2.75, 3.05) is 0 Å². The van der Waals surface area contributed by atoms with E-state index < -0.39 is 0 Å². The summed E-state index contributed by atoms with van der Waals surface area (Å²) in [5.41, 5.74) is 5.24. The van der Waals surface area contributed by atoms with Gasteiger partial charge < -0.3 is 0 Å².